The number of anilines is 1. The molecular weight excluding hydrogens is 354 g/mol. The van der Waals surface area contributed by atoms with Gasteiger partial charge in [-0.15, -0.1) is 0 Å². The normalized spacial score (nSPS) is 21.0. The number of benzene rings is 2. The Labute approximate surface area is 165 Å². The van der Waals surface area contributed by atoms with E-state index in [1.54, 1.807) is 0 Å². The monoisotopic (exact) mass is 381 g/mol. The Morgan fingerprint density at radius 3 is 2.82 bits per heavy atom. The summed E-state index contributed by atoms with van der Waals surface area (Å²) in [4.78, 5) is 4.66. The van der Waals surface area contributed by atoms with Crippen molar-refractivity contribution in [3.8, 4) is 11.5 Å². The number of rotatable bonds is 4. The molecule has 1 atom stereocenters. The van der Waals surface area contributed by atoms with Gasteiger partial charge in [0.15, 0.2) is 17.5 Å². The lowest BCUT2D eigenvalue weighted by atomic mass is 9.96. The lowest BCUT2D eigenvalue weighted by molar-refractivity contribution is 0.0486. The van der Waals surface area contributed by atoms with Crippen molar-refractivity contribution < 1.29 is 14.6 Å². The van der Waals surface area contributed by atoms with Crippen molar-refractivity contribution in [3.05, 3.63) is 53.6 Å². The van der Waals surface area contributed by atoms with Crippen LogP contribution in [0.3, 0.4) is 0 Å². The molecule has 0 saturated heterocycles. The first-order valence-corrected chi connectivity index (χ1v) is 9.94. The van der Waals surface area contributed by atoms with E-state index < -0.39 is 5.60 Å². The van der Waals surface area contributed by atoms with Gasteiger partial charge in [0.25, 0.3) is 0 Å². The van der Waals surface area contributed by atoms with E-state index in [-0.39, 0.29) is 0 Å². The zero-order valence-corrected chi connectivity index (χ0v) is 16.2. The average molecular weight is 381 g/mol. The molecule has 0 fully saturated rings. The van der Waals surface area contributed by atoms with Crippen LogP contribution in [0.15, 0.2) is 47.5 Å². The van der Waals surface area contributed by atoms with Crippen molar-refractivity contribution in [2.45, 2.75) is 31.8 Å². The van der Waals surface area contributed by atoms with Crippen LogP contribution in [0.1, 0.15) is 30.9 Å². The van der Waals surface area contributed by atoms with Gasteiger partial charge in [-0.1, -0.05) is 24.3 Å². The van der Waals surface area contributed by atoms with Gasteiger partial charge < -0.3 is 25.2 Å². The summed E-state index contributed by atoms with van der Waals surface area (Å²) in [6, 6.07) is 13.9. The fourth-order valence-electron chi connectivity index (χ4n) is 3.73. The topological polar surface area (TPSA) is 75.1 Å². The van der Waals surface area contributed by atoms with Crippen molar-refractivity contribution in [2.24, 2.45) is 4.99 Å². The predicted octanol–water partition coefficient (Wildman–Crippen LogP) is 3.06. The number of guanidine groups is 1. The average Bonchev–Trinajstić information content (AvgIpc) is 2.88. The molecule has 1 heterocycles. The smallest absolute Gasteiger partial charge is 0.195 e. The summed E-state index contributed by atoms with van der Waals surface area (Å²) in [7, 11) is 0. The number of aliphatic imine (C=N–C) groups is 1. The highest BCUT2D eigenvalue weighted by molar-refractivity contribution is 5.94. The van der Waals surface area contributed by atoms with Crippen molar-refractivity contribution in [2.75, 3.05) is 31.6 Å². The molecule has 6 heteroatoms. The summed E-state index contributed by atoms with van der Waals surface area (Å²) >= 11 is 0. The zero-order valence-electron chi connectivity index (χ0n) is 16.2. The van der Waals surface area contributed by atoms with Gasteiger partial charge in [0, 0.05) is 24.7 Å². The molecule has 28 heavy (non-hydrogen) atoms. The number of aryl methyl sites for hydroxylation is 1. The molecule has 0 radical (unpaired) electrons. The summed E-state index contributed by atoms with van der Waals surface area (Å²) < 4.78 is 11.4. The van der Waals surface area contributed by atoms with Crippen molar-refractivity contribution in [3.63, 3.8) is 0 Å². The van der Waals surface area contributed by atoms with Gasteiger partial charge in [-0.3, -0.25) is 0 Å². The number of ether oxygens (including phenoxy) is 2. The van der Waals surface area contributed by atoms with Gasteiger partial charge in [-0.2, -0.15) is 0 Å². The third-order valence-corrected chi connectivity index (χ3v) is 5.18. The van der Waals surface area contributed by atoms with Crippen LogP contribution >= 0.6 is 0 Å². The minimum absolute atomic E-state index is 0.309. The summed E-state index contributed by atoms with van der Waals surface area (Å²) in [5.41, 5.74) is 2.15. The summed E-state index contributed by atoms with van der Waals surface area (Å²) in [5.74, 6) is 2.14. The standard InChI is InChI=1S/C22H27N3O3/c1-2-23-21(24-15-22(26)11-10-16-6-3-4-7-18(16)22)25-17-8-9-19-20(14-17)28-13-5-12-27-19/h3-4,6-9,14,26H,2,5,10-13,15H2,1H3,(H2,23,24,25). The molecule has 1 aliphatic carbocycles. The molecular formula is C22H27N3O3. The Morgan fingerprint density at radius 1 is 1.14 bits per heavy atom. The summed E-state index contributed by atoms with van der Waals surface area (Å²) in [6.45, 7) is 4.38. The van der Waals surface area contributed by atoms with Crippen LogP contribution in [-0.4, -0.2) is 37.4 Å². The van der Waals surface area contributed by atoms with Crippen molar-refractivity contribution >= 4 is 11.6 Å². The minimum Gasteiger partial charge on any atom is -0.490 e. The van der Waals surface area contributed by atoms with E-state index in [4.69, 9.17) is 9.47 Å². The molecule has 0 bridgehead atoms. The first kappa shape index (κ1) is 18.6. The molecule has 0 spiro atoms. The lowest BCUT2D eigenvalue weighted by Crippen LogP contribution is -2.34. The van der Waals surface area contributed by atoms with Crippen LogP contribution in [0.2, 0.25) is 0 Å². The molecule has 4 rings (SSSR count). The van der Waals surface area contributed by atoms with Gasteiger partial charge >= 0.3 is 0 Å². The Morgan fingerprint density at radius 2 is 1.96 bits per heavy atom. The molecule has 2 aromatic rings. The fraction of sp³-hybridized carbons (Fsp3) is 0.409. The van der Waals surface area contributed by atoms with E-state index in [1.807, 2.05) is 43.3 Å². The van der Waals surface area contributed by atoms with Gasteiger partial charge in [0.2, 0.25) is 0 Å². The first-order valence-electron chi connectivity index (χ1n) is 9.94. The van der Waals surface area contributed by atoms with E-state index in [2.05, 4.69) is 21.7 Å². The van der Waals surface area contributed by atoms with Crippen LogP contribution < -0.4 is 20.1 Å². The van der Waals surface area contributed by atoms with Crippen LogP contribution in [0, 0.1) is 0 Å². The predicted molar refractivity (Wildman–Crippen MR) is 110 cm³/mol. The number of nitrogens with one attached hydrogen (secondary N) is 2. The van der Waals surface area contributed by atoms with E-state index in [9.17, 15) is 5.11 Å². The number of aliphatic hydroxyl groups is 1. The molecule has 0 saturated carbocycles. The number of nitrogens with zero attached hydrogens (tertiary/aromatic N) is 1. The highest BCUT2D eigenvalue weighted by atomic mass is 16.5. The maximum absolute atomic E-state index is 11.1. The Kier molecular flexibility index (Phi) is 5.39. The summed E-state index contributed by atoms with van der Waals surface area (Å²) in [6.07, 6.45) is 2.45. The van der Waals surface area contributed by atoms with E-state index in [0.29, 0.717) is 32.1 Å². The molecule has 1 aliphatic heterocycles. The second-order valence-corrected chi connectivity index (χ2v) is 7.22. The Bertz CT molecular complexity index is 868. The van der Waals surface area contributed by atoms with Gasteiger partial charge in [-0.05, 0) is 43.0 Å². The van der Waals surface area contributed by atoms with Crippen LogP contribution in [0.5, 0.6) is 11.5 Å². The highest BCUT2D eigenvalue weighted by Gasteiger charge is 2.36. The molecule has 1 unspecified atom stereocenters. The molecule has 148 valence electrons. The maximum Gasteiger partial charge on any atom is 0.195 e. The molecule has 0 amide bonds. The van der Waals surface area contributed by atoms with E-state index >= 15 is 0 Å². The highest BCUT2D eigenvalue weighted by Crippen LogP contribution is 2.37. The van der Waals surface area contributed by atoms with Crippen LogP contribution in [0.25, 0.3) is 0 Å². The van der Waals surface area contributed by atoms with Gasteiger partial charge in [-0.25, -0.2) is 4.99 Å². The van der Waals surface area contributed by atoms with Crippen LogP contribution in [-0.2, 0) is 12.0 Å². The molecule has 2 aromatic carbocycles. The molecule has 2 aliphatic rings. The number of hydrogen-bond acceptors (Lipinski definition) is 4. The Hall–Kier alpha value is -2.73. The zero-order chi connectivity index (χ0) is 19.4. The van der Waals surface area contributed by atoms with E-state index in [0.717, 1.165) is 42.1 Å². The quantitative estimate of drug-likeness (QED) is 0.561. The van der Waals surface area contributed by atoms with Gasteiger partial charge in [0.05, 0.1) is 19.8 Å². The SMILES string of the molecule is CCNC(=NCC1(O)CCc2ccccc21)Nc1ccc2c(c1)OCCCO2. The summed E-state index contributed by atoms with van der Waals surface area (Å²) in [5, 5.41) is 17.7. The number of fused-ring (bicyclic) bond motifs is 2. The Balaban J connectivity index is 1.51. The molecule has 3 N–H and O–H groups in total. The maximum atomic E-state index is 11.1. The largest absolute Gasteiger partial charge is 0.490 e. The fourth-order valence-corrected chi connectivity index (χ4v) is 3.73. The second-order valence-electron chi connectivity index (χ2n) is 7.22. The third kappa shape index (κ3) is 3.92. The molecule has 6 nitrogen and oxygen atoms in total. The first-order chi connectivity index (χ1) is 13.7. The third-order valence-electron chi connectivity index (χ3n) is 5.18. The number of hydrogen-bond donors (Lipinski definition) is 3. The minimum atomic E-state index is -0.913. The van der Waals surface area contributed by atoms with E-state index in [1.165, 1.54) is 5.56 Å². The lowest BCUT2D eigenvalue weighted by Gasteiger charge is -2.22. The van der Waals surface area contributed by atoms with Crippen molar-refractivity contribution in [1.29, 1.82) is 0 Å². The second kappa shape index (κ2) is 8.10. The van der Waals surface area contributed by atoms with Crippen molar-refractivity contribution in [1.82, 2.24) is 5.32 Å². The van der Waals surface area contributed by atoms with Gasteiger partial charge in [0.1, 0.15) is 5.60 Å². The van der Waals surface area contributed by atoms with Crippen LogP contribution in [0.4, 0.5) is 5.69 Å². The molecule has 0 aromatic heterocycles.